The second kappa shape index (κ2) is 15.4. The molecule has 0 saturated carbocycles. The first-order valence-electron chi connectivity index (χ1n) is 14.8. The molecule has 254 valence electrons. The van der Waals surface area contributed by atoms with Crippen LogP contribution in [0.3, 0.4) is 0 Å². The van der Waals surface area contributed by atoms with E-state index >= 15 is 0 Å². The van der Waals surface area contributed by atoms with Crippen molar-refractivity contribution in [3.05, 3.63) is 11.1 Å². The Kier molecular flexibility index (Phi) is 13.0. The molecule has 0 aliphatic carbocycles. The molecule has 0 aromatic carbocycles. The highest BCUT2D eigenvalue weighted by Crippen LogP contribution is 2.36. The Labute approximate surface area is 270 Å². The number of amides is 3. The van der Waals surface area contributed by atoms with Crippen LogP contribution in [0.2, 0.25) is 18.1 Å². The lowest BCUT2D eigenvalue weighted by atomic mass is 10.2. The Balaban J connectivity index is 2.19. The molecule has 0 spiro atoms. The highest BCUT2D eigenvalue weighted by Gasteiger charge is 2.39. The van der Waals surface area contributed by atoms with Crippen LogP contribution in [0.25, 0.3) is 0 Å². The molecule has 1 fully saturated rings. The summed E-state index contributed by atoms with van der Waals surface area (Å²) in [5.74, 6) is -2.77. The molecule has 2 N–H and O–H groups in total. The minimum absolute atomic E-state index is 0.104. The number of hydrogen-bond donors (Lipinski definition) is 2. The van der Waals surface area contributed by atoms with Gasteiger partial charge in [-0.3, -0.25) is 14.4 Å². The number of hydrogen-bond acceptors (Lipinski definition) is 12. The number of piperazine rings is 1. The summed E-state index contributed by atoms with van der Waals surface area (Å²) < 4.78 is 21.4. The zero-order valence-corrected chi connectivity index (χ0v) is 30.1. The predicted octanol–water partition coefficient (Wildman–Crippen LogP) is 2.93. The number of carbonyl (C=O) groups excluding carboxylic acids is 5. The molecule has 45 heavy (non-hydrogen) atoms. The van der Waals surface area contributed by atoms with Gasteiger partial charge in [-0.1, -0.05) is 20.8 Å². The van der Waals surface area contributed by atoms with Gasteiger partial charge in [0.05, 0.1) is 13.7 Å². The lowest BCUT2D eigenvalue weighted by molar-refractivity contribution is -0.151. The number of thiazole rings is 1. The van der Waals surface area contributed by atoms with Crippen LogP contribution in [-0.4, -0.2) is 112 Å². The number of carbonyl (C=O) groups is 5. The second-order valence-electron chi connectivity index (χ2n) is 13.5. The second-order valence-corrected chi connectivity index (χ2v) is 19.1. The van der Waals surface area contributed by atoms with Gasteiger partial charge in [0.25, 0.3) is 5.91 Å². The van der Waals surface area contributed by atoms with Gasteiger partial charge < -0.3 is 39.1 Å². The lowest BCUT2D eigenvalue weighted by Crippen LogP contribution is -2.56. The molecule has 1 aliphatic heterocycles. The third-order valence-electron chi connectivity index (χ3n) is 7.55. The fourth-order valence-corrected chi connectivity index (χ4v) is 5.80. The zero-order valence-electron chi connectivity index (χ0n) is 28.3. The van der Waals surface area contributed by atoms with Crippen LogP contribution in [0.15, 0.2) is 5.38 Å². The largest absolute Gasteiger partial charge is 0.467 e. The Morgan fingerprint density at radius 3 is 2.22 bits per heavy atom. The van der Waals surface area contributed by atoms with Gasteiger partial charge in [-0.25, -0.2) is 14.6 Å². The first-order chi connectivity index (χ1) is 20.6. The average Bonchev–Trinajstić information content (AvgIpc) is 3.41. The molecule has 1 saturated heterocycles. The van der Waals surface area contributed by atoms with Gasteiger partial charge in [-0.05, 0) is 45.8 Å². The van der Waals surface area contributed by atoms with Crippen molar-refractivity contribution in [1.29, 1.82) is 0 Å². The number of esters is 2. The van der Waals surface area contributed by atoms with Crippen LogP contribution in [0.1, 0.15) is 65.9 Å². The number of aromatic nitrogens is 1. The minimum atomic E-state index is -2.34. The summed E-state index contributed by atoms with van der Waals surface area (Å²) in [6.07, 6.45) is -0.375. The molecule has 14 nitrogen and oxygen atoms in total. The molecule has 2 heterocycles. The molecule has 1 aromatic rings. The van der Waals surface area contributed by atoms with E-state index < -0.39 is 56.4 Å². The van der Waals surface area contributed by atoms with E-state index in [0.717, 1.165) is 7.11 Å². The van der Waals surface area contributed by atoms with Crippen LogP contribution in [0.4, 0.5) is 9.93 Å². The maximum absolute atomic E-state index is 13.4. The number of anilines is 1. The van der Waals surface area contributed by atoms with E-state index in [1.54, 1.807) is 10.3 Å². The number of nitrogens with one attached hydrogen (secondary N) is 2. The summed E-state index contributed by atoms with van der Waals surface area (Å²) in [5.41, 5.74) is -0.495. The van der Waals surface area contributed by atoms with Gasteiger partial charge in [-0.15, -0.1) is 11.3 Å². The summed E-state index contributed by atoms with van der Waals surface area (Å²) in [4.78, 5) is 71.2. The van der Waals surface area contributed by atoms with Crippen molar-refractivity contribution < 1.29 is 42.6 Å². The normalized spacial score (nSPS) is 17.2. The maximum atomic E-state index is 13.4. The molecule has 3 atom stereocenters. The molecule has 1 aliphatic rings. The monoisotopic (exact) mass is 671 g/mol. The fraction of sp³-hybridized carbons (Fsp3) is 0.724. The van der Waals surface area contributed by atoms with E-state index in [-0.39, 0.29) is 29.5 Å². The quantitative estimate of drug-likeness (QED) is 0.202. The van der Waals surface area contributed by atoms with Gasteiger partial charge in [0, 0.05) is 38.0 Å². The van der Waals surface area contributed by atoms with Crippen molar-refractivity contribution in [2.45, 2.75) is 97.2 Å². The smallest absolute Gasteiger partial charge is 0.410 e. The van der Waals surface area contributed by atoms with Crippen molar-refractivity contribution in [2.24, 2.45) is 0 Å². The van der Waals surface area contributed by atoms with E-state index in [1.165, 1.54) is 18.3 Å². The molecule has 1 aromatic heterocycles. The summed E-state index contributed by atoms with van der Waals surface area (Å²) in [6.45, 7) is 19.6. The van der Waals surface area contributed by atoms with Crippen molar-refractivity contribution in [2.75, 3.05) is 44.9 Å². The standard InChI is InChI=1S/C29H49N5O9SSi/c1-18-14-33(12-13-34(18)27(39)43-28(3,4)5)26-32-22(17-44-26)24(37)30-20(16-42-45(10,11)29(6,7)8)23(36)31-21(25(38)40-9)15-41-19(2)35/h17-18,20-21H,12-16H2,1-11H3,(H,30,37)(H,31,36)/t18-,20+,21+/m1/s1. The summed E-state index contributed by atoms with van der Waals surface area (Å²) in [6, 6.07) is -2.63. The third kappa shape index (κ3) is 11.3. The first-order valence-corrected chi connectivity index (χ1v) is 18.6. The van der Waals surface area contributed by atoms with E-state index in [9.17, 15) is 24.0 Å². The zero-order chi connectivity index (χ0) is 34.3. The lowest BCUT2D eigenvalue weighted by Gasteiger charge is -2.40. The minimum Gasteiger partial charge on any atom is -0.467 e. The number of rotatable bonds is 11. The summed E-state index contributed by atoms with van der Waals surface area (Å²) in [7, 11) is -1.20. The highest BCUT2D eigenvalue weighted by atomic mass is 32.1. The average molecular weight is 672 g/mol. The predicted molar refractivity (Wildman–Crippen MR) is 172 cm³/mol. The molecule has 16 heteroatoms. The maximum Gasteiger partial charge on any atom is 0.410 e. The van der Waals surface area contributed by atoms with E-state index in [1.807, 2.05) is 66.5 Å². The molecule has 2 rings (SSSR count). The van der Waals surface area contributed by atoms with Crippen molar-refractivity contribution >= 4 is 54.6 Å². The molecular weight excluding hydrogens is 622 g/mol. The van der Waals surface area contributed by atoms with Crippen LogP contribution in [0.5, 0.6) is 0 Å². The van der Waals surface area contributed by atoms with Crippen LogP contribution < -0.4 is 15.5 Å². The number of ether oxygens (including phenoxy) is 3. The number of methoxy groups -OCH3 is 1. The Hall–Kier alpha value is -3.24. The van der Waals surface area contributed by atoms with Gasteiger partial charge in [-0.2, -0.15) is 0 Å². The molecule has 0 bridgehead atoms. The molecular formula is C29H49N5O9SSi. The van der Waals surface area contributed by atoms with E-state index in [4.69, 9.17) is 18.6 Å². The van der Waals surface area contributed by atoms with Gasteiger partial charge in [0.2, 0.25) is 5.91 Å². The van der Waals surface area contributed by atoms with Crippen LogP contribution >= 0.6 is 11.3 Å². The van der Waals surface area contributed by atoms with Crippen molar-refractivity contribution in [1.82, 2.24) is 20.5 Å². The topological polar surface area (TPSA) is 166 Å². The molecule has 3 amide bonds. The highest BCUT2D eigenvalue weighted by molar-refractivity contribution is 7.13. The summed E-state index contributed by atoms with van der Waals surface area (Å²) in [5, 5.41) is 7.22. The van der Waals surface area contributed by atoms with Crippen LogP contribution in [-0.2, 0) is 33.0 Å². The third-order valence-corrected chi connectivity index (χ3v) is 12.9. The van der Waals surface area contributed by atoms with Gasteiger partial charge in [0.1, 0.15) is 23.9 Å². The van der Waals surface area contributed by atoms with Gasteiger partial charge >= 0.3 is 18.0 Å². The van der Waals surface area contributed by atoms with E-state index in [2.05, 4.69) is 15.6 Å². The van der Waals surface area contributed by atoms with Gasteiger partial charge in [0.15, 0.2) is 19.5 Å². The molecule has 0 unspecified atom stereocenters. The fourth-order valence-electron chi connectivity index (χ4n) is 3.94. The van der Waals surface area contributed by atoms with Crippen molar-refractivity contribution in [3.63, 3.8) is 0 Å². The van der Waals surface area contributed by atoms with Crippen LogP contribution in [0, 0.1) is 0 Å². The Bertz CT molecular complexity index is 1230. The number of nitrogens with zero attached hydrogens (tertiary/aromatic N) is 3. The van der Waals surface area contributed by atoms with Crippen molar-refractivity contribution in [3.8, 4) is 0 Å². The SMILES string of the molecule is COC(=O)[C@H](COC(C)=O)NC(=O)[C@H](CO[Si](C)(C)C(C)(C)C)NC(=O)c1csc(N2CCN(C(=O)OC(C)(C)C)[C@H](C)C2)n1. The van der Waals surface area contributed by atoms with E-state index in [0.29, 0.717) is 24.8 Å². The molecule has 0 radical (unpaired) electrons. The first kappa shape index (κ1) is 37.9. The summed E-state index contributed by atoms with van der Waals surface area (Å²) >= 11 is 1.27. The Morgan fingerprint density at radius 2 is 1.69 bits per heavy atom. The Morgan fingerprint density at radius 1 is 1.04 bits per heavy atom.